The Bertz CT molecular complexity index is 1060. The zero-order valence-corrected chi connectivity index (χ0v) is 12.3. The number of benzene rings is 2. The van der Waals surface area contributed by atoms with Crippen LogP contribution in [0.2, 0.25) is 0 Å². The lowest BCUT2D eigenvalue weighted by Gasteiger charge is -2.19. The number of para-hydroxylation sites is 1. The molecule has 114 valence electrons. The first-order valence-corrected chi connectivity index (χ1v) is 7.29. The van der Waals surface area contributed by atoms with Crippen LogP contribution in [-0.4, -0.2) is 17.1 Å². The molecule has 0 aliphatic carbocycles. The third kappa shape index (κ3) is 1.34. The van der Waals surface area contributed by atoms with Gasteiger partial charge in [0.25, 0.3) is 0 Å². The molecule has 0 saturated carbocycles. The van der Waals surface area contributed by atoms with Crippen LogP contribution in [0.25, 0.3) is 11.1 Å². The molecule has 1 unspecified atom stereocenters. The number of rotatable bonds is 0. The maximum atomic E-state index is 12.7. The Balaban J connectivity index is 1.85. The van der Waals surface area contributed by atoms with E-state index in [1.54, 1.807) is 19.2 Å². The number of fused-ring (bicyclic) bond motifs is 5. The standard InChI is InChI=1S/C17H12N2O4/c1-19-12-7-13-10(6-14(12)23-16(19)21)17(8-22-13)9-4-2-3-5-11(9)18-15(17)20/h2-7H,8H2,1H3,(H,18,20). The van der Waals surface area contributed by atoms with Crippen LogP contribution < -0.4 is 15.8 Å². The van der Waals surface area contributed by atoms with Crippen molar-refractivity contribution in [1.29, 1.82) is 0 Å². The molecule has 1 spiro atoms. The van der Waals surface area contributed by atoms with Crippen molar-refractivity contribution in [3.63, 3.8) is 0 Å². The summed E-state index contributed by atoms with van der Waals surface area (Å²) in [5.74, 6) is 0.0600. The second kappa shape index (κ2) is 3.84. The number of nitrogens with zero attached hydrogens (tertiary/aromatic N) is 1. The van der Waals surface area contributed by atoms with Crippen LogP contribution in [0, 0.1) is 0 Å². The number of carbonyl (C=O) groups excluding carboxylic acids is 1. The van der Waals surface area contributed by atoms with Crippen molar-refractivity contribution in [2.75, 3.05) is 11.9 Å². The molecule has 2 aliphatic heterocycles. The lowest BCUT2D eigenvalue weighted by Crippen LogP contribution is -2.37. The van der Waals surface area contributed by atoms with Gasteiger partial charge in [-0.15, -0.1) is 0 Å². The number of aryl methyl sites for hydroxylation is 1. The molecule has 6 heteroatoms. The van der Waals surface area contributed by atoms with Crippen molar-refractivity contribution >= 4 is 22.7 Å². The highest BCUT2D eigenvalue weighted by molar-refractivity contribution is 6.10. The molecule has 3 heterocycles. The Morgan fingerprint density at radius 3 is 2.87 bits per heavy atom. The molecule has 1 aromatic heterocycles. The number of amides is 1. The third-order valence-corrected chi connectivity index (χ3v) is 4.82. The van der Waals surface area contributed by atoms with E-state index in [0.717, 1.165) is 16.8 Å². The molecule has 5 rings (SSSR count). The van der Waals surface area contributed by atoms with E-state index in [0.29, 0.717) is 16.8 Å². The largest absolute Gasteiger partial charge is 0.491 e. The second-order valence-electron chi connectivity index (χ2n) is 5.94. The van der Waals surface area contributed by atoms with Gasteiger partial charge in [-0.25, -0.2) is 4.79 Å². The average molecular weight is 308 g/mol. The summed E-state index contributed by atoms with van der Waals surface area (Å²) in [7, 11) is 1.64. The normalized spacial score (nSPS) is 21.3. The summed E-state index contributed by atoms with van der Waals surface area (Å²) in [6, 6.07) is 11.1. The highest BCUT2D eigenvalue weighted by Crippen LogP contribution is 2.50. The predicted molar refractivity (Wildman–Crippen MR) is 82.8 cm³/mol. The molecular weight excluding hydrogens is 296 g/mol. The Labute approximate surface area is 130 Å². The van der Waals surface area contributed by atoms with E-state index >= 15 is 0 Å². The number of anilines is 1. The fourth-order valence-corrected chi connectivity index (χ4v) is 3.60. The summed E-state index contributed by atoms with van der Waals surface area (Å²) < 4.78 is 12.5. The molecule has 1 N–H and O–H groups in total. The highest BCUT2D eigenvalue weighted by Gasteiger charge is 2.54. The van der Waals surface area contributed by atoms with Crippen molar-refractivity contribution in [3.8, 4) is 5.75 Å². The van der Waals surface area contributed by atoms with Gasteiger partial charge in [-0.3, -0.25) is 9.36 Å². The minimum atomic E-state index is -0.880. The van der Waals surface area contributed by atoms with Crippen molar-refractivity contribution < 1.29 is 13.9 Å². The van der Waals surface area contributed by atoms with E-state index in [-0.39, 0.29) is 12.5 Å². The number of carbonyl (C=O) groups is 1. The molecule has 2 aromatic carbocycles. The average Bonchev–Trinajstić information content (AvgIpc) is 3.15. The van der Waals surface area contributed by atoms with Gasteiger partial charge in [0, 0.05) is 24.4 Å². The third-order valence-electron chi connectivity index (χ3n) is 4.82. The first kappa shape index (κ1) is 12.5. The first-order chi connectivity index (χ1) is 11.1. The van der Waals surface area contributed by atoms with Gasteiger partial charge in [-0.05, 0) is 17.7 Å². The minimum Gasteiger partial charge on any atom is -0.491 e. The van der Waals surface area contributed by atoms with Crippen LogP contribution in [-0.2, 0) is 17.3 Å². The summed E-state index contributed by atoms with van der Waals surface area (Å²) in [5.41, 5.74) is 2.65. The fourth-order valence-electron chi connectivity index (χ4n) is 3.60. The highest BCUT2D eigenvalue weighted by atomic mass is 16.5. The summed E-state index contributed by atoms with van der Waals surface area (Å²) in [6.07, 6.45) is 0. The Hall–Kier alpha value is -3.02. The van der Waals surface area contributed by atoms with E-state index < -0.39 is 11.2 Å². The van der Waals surface area contributed by atoms with Gasteiger partial charge in [0.05, 0.1) is 5.52 Å². The number of ether oxygens (including phenoxy) is 1. The summed E-state index contributed by atoms with van der Waals surface area (Å²) >= 11 is 0. The maximum Gasteiger partial charge on any atom is 0.419 e. The van der Waals surface area contributed by atoms with Crippen LogP contribution in [0.5, 0.6) is 5.75 Å². The van der Waals surface area contributed by atoms with Gasteiger partial charge in [-0.1, -0.05) is 18.2 Å². The van der Waals surface area contributed by atoms with Crippen LogP contribution in [0.4, 0.5) is 5.69 Å². The Kier molecular flexibility index (Phi) is 2.09. The predicted octanol–water partition coefficient (Wildman–Crippen LogP) is 1.76. The first-order valence-electron chi connectivity index (χ1n) is 7.29. The quantitative estimate of drug-likeness (QED) is 0.687. The summed E-state index contributed by atoms with van der Waals surface area (Å²) in [6.45, 7) is 0.242. The second-order valence-corrected chi connectivity index (χ2v) is 5.94. The number of oxazole rings is 1. The van der Waals surface area contributed by atoms with Crippen LogP contribution in [0.1, 0.15) is 11.1 Å². The molecule has 2 aliphatic rings. The lowest BCUT2D eigenvalue weighted by molar-refractivity contribution is -0.119. The number of nitrogens with one attached hydrogen (secondary N) is 1. The van der Waals surface area contributed by atoms with Crippen molar-refractivity contribution in [3.05, 3.63) is 58.1 Å². The maximum absolute atomic E-state index is 12.7. The fraction of sp³-hybridized carbons (Fsp3) is 0.176. The molecule has 0 radical (unpaired) electrons. The van der Waals surface area contributed by atoms with E-state index in [9.17, 15) is 9.59 Å². The van der Waals surface area contributed by atoms with Gasteiger partial charge < -0.3 is 14.5 Å². The molecule has 23 heavy (non-hydrogen) atoms. The molecule has 3 aromatic rings. The smallest absolute Gasteiger partial charge is 0.419 e. The number of hydrogen-bond acceptors (Lipinski definition) is 4. The lowest BCUT2D eigenvalue weighted by atomic mass is 9.77. The molecule has 1 amide bonds. The van der Waals surface area contributed by atoms with Crippen molar-refractivity contribution in [2.45, 2.75) is 5.41 Å². The summed E-state index contributed by atoms with van der Waals surface area (Å²) in [4.78, 5) is 24.5. The molecule has 0 fully saturated rings. The van der Waals surface area contributed by atoms with Crippen LogP contribution in [0.3, 0.4) is 0 Å². The van der Waals surface area contributed by atoms with Crippen LogP contribution in [0.15, 0.2) is 45.6 Å². The molecule has 6 nitrogen and oxygen atoms in total. The van der Waals surface area contributed by atoms with Gasteiger partial charge in [0.2, 0.25) is 5.91 Å². The zero-order chi connectivity index (χ0) is 15.8. The molecule has 1 atom stereocenters. The molecule has 0 bridgehead atoms. The Morgan fingerprint density at radius 2 is 2.00 bits per heavy atom. The molecular formula is C17H12N2O4. The van der Waals surface area contributed by atoms with E-state index in [1.165, 1.54) is 4.57 Å². The topological polar surface area (TPSA) is 73.5 Å². The van der Waals surface area contributed by atoms with E-state index in [4.69, 9.17) is 9.15 Å². The minimum absolute atomic E-state index is 0.116. The molecule has 0 saturated heterocycles. The SMILES string of the molecule is Cn1c(=O)oc2cc3c(cc21)OCC31C(=O)Nc2ccccc21. The van der Waals surface area contributed by atoms with Gasteiger partial charge in [0.1, 0.15) is 17.8 Å². The van der Waals surface area contributed by atoms with E-state index in [1.807, 2.05) is 24.3 Å². The van der Waals surface area contributed by atoms with Gasteiger partial charge in [-0.2, -0.15) is 0 Å². The van der Waals surface area contributed by atoms with Gasteiger partial charge in [0.15, 0.2) is 5.58 Å². The zero-order valence-electron chi connectivity index (χ0n) is 12.3. The summed E-state index contributed by atoms with van der Waals surface area (Å²) in [5, 5.41) is 2.92. The number of aromatic nitrogens is 1. The van der Waals surface area contributed by atoms with Crippen molar-refractivity contribution in [1.82, 2.24) is 4.57 Å². The van der Waals surface area contributed by atoms with Crippen LogP contribution >= 0.6 is 0 Å². The van der Waals surface area contributed by atoms with Gasteiger partial charge >= 0.3 is 5.76 Å². The monoisotopic (exact) mass is 308 g/mol. The number of hydrogen-bond donors (Lipinski definition) is 1. The van der Waals surface area contributed by atoms with Crippen molar-refractivity contribution in [2.24, 2.45) is 7.05 Å². The van der Waals surface area contributed by atoms with E-state index in [2.05, 4.69) is 5.32 Å². The Morgan fingerprint density at radius 1 is 1.17 bits per heavy atom.